The summed E-state index contributed by atoms with van der Waals surface area (Å²) >= 11 is 0. The largest absolute Gasteiger partial charge is 0.354 e. The Morgan fingerprint density at radius 2 is 2.04 bits per heavy atom. The Morgan fingerprint density at radius 1 is 1.28 bits per heavy atom. The molecule has 8 nitrogen and oxygen atoms in total. The van der Waals surface area contributed by atoms with Crippen molar-refractivity contribution in [1.82, 2.24) is 20.1 Å². The standard InChI is InChI=1S/C17H21N5O3/c1-10-8-22(9-15(23)21(10)3)17(25)19-12-4-5-13-11(6-12)7-14(20-13)16(24)18-2/h4-7,10,20H,8-9H2,1-3H3,(H,18,24)(H,19,25)/t10-/m1/s1. The van der Waals surface area contributed by atoms with Crippen molar-refractivity contribution in [2.75, 3.05) is 32.5 Å². The van der Waals surface area contributed by atoms with Crippen LogP contribution in [0.25, 0.3) is 10.9 Å². The normalized spacial score (nSPS) is 17.7. The predicted molar refractivity (Wildman–Crippen MR) is 94.5 cm³/mol. The lowest BCUT2D eigenvalue weighted by Crippen LogP contribution is -2.56. The Hall–Kier alpha value is -3.03. The van der Waals surface area contributed by atoms with Crippen molar-refractivity contribution in [3.05, 3.63) is 30.0 Å². The van der Waals surface area contributed by atoms with Gasteiger partial charge in [0.25, 0.3) is 5.91 Å². The Bertz CT molecular complexity index is 844. The second kappa shape index (κ2) is 6.46. The van der Waals surface area contributed by atoms with Gasteiger partial charge in [0.2, 0.25) is 5.91 Å². The zero-order valence-electron chi connectivity index (χ0n) is 14.4. The molecule has 25 heavy (non-hydrogen) atoms. The van der Waals surface area contributed by atoms with Crippen LogP contribution >= 0.6 is 0 Å². The van der Waals surface area contributed by atoms with E-state index in [1.807, 2.05) is 6.92 Å². The second-order valence-electron chi connectivity index (χ2n) is 6.23. The minimum atomic E-state index is -0.310. The number of piperazine rings is 1. The fourth-order valence-electron chi connectivity index (χ4n) is 2.85. The second-order valence-corrected chi connectivity index (χ2v) is 6.23. The van der Waals surface area contributed by atoms with Crippen LogP contribution in [0.15, 0.2) is 24.3 Å². The van der Waals surface area contributed by atoms with Gasteiger partial charge in [-0.25, -0.2) is 4.79 Å². The molecule has 1 atom stereocenters. The molecule has 0 aliphatic carbocycles. The maximum atomic E-state index is 12.4. The van der Waals surface area contributed by atoms with Crippen molar-refractivity contribution in [2.45, 2.75) is 13.0 Å². The van der Waals surface area contributed by atoms with E-state index in [-0.39, 0.29) is 30.4 Å². The number of fused-ring (bicyclic) bond motifs is 1. The predicted octanol–water partition coefficient (Wildman–Crippen LogP) is 1.22. The molecule has 0 bridgehead atoms. The monoisotopic (exact) mass is 343 g/mol. The molecule has 132 valence electrons. The van der Waals surface area contributed by atoms with Gasteiger partial charge in [-0.05, 0) is 31.2 Å². The average Bonchev–Trinajstić information content (AvgIpc) is 3.01. The summed E-state index contributed by atoms with van der Waals surface area (Å²) in [6.07, 6.45) is 0. The van der Waals surface area contributed by atoms with Crippen molar-refractivity contribution in [3.8, 4) is 0 Å². The molecule has 3 rings (SSSR count). The smallest absolute Gasteiger partial charge is 0.322 e. The molecule has 0 unspecified atom stereocenters. The van der Waals surface area contributed by atoms with E-state index >= 15 is 0 Å². The van der Waals surface area contributed by atoms with Crippen molar-refractivity contribution >= 4 is 34.4 Å². The number of aromatic nitrogens is 1. The number of carbonyl (C=O) groups is 3. The molecule has 4 amide bonds. The van der Waals surface area contributed by atoms with Gasteiger partial charge in [0.1, 0.15) is 12.2 Å². The quantitative estimate of drug-likeness (QED) is 0.765. The van der Waals surface area contributed by atoms with Crippen LogP contribution in [0.2, 0.25) is 0 Å². The molecule has 2 heterocycles. The Balaban J connectivity index is 1.75. The summed E-state index contributed by atoms with van der Waals surface area (Å²) < 4.78 is 0. The number of benzene rings is 1. The molecule has 1 saturated heterocycles. The molecular formula is C17H21N5O3. The van der Waals surface area contributed by atoms with E-state index in [0.717, 1.165) is 10.9 Å². The van der Waals surface area contributed by atoms with Gasteiger partial charge in [-0.1, -0.05) is 0 Å². The molecule has 2 aromatic rings. The van der Waals surface area contributed by atoms with Crippen LogP contribution in [0.1, 0.15) is 17.4 Å². The maximum absolute atomic E-state index is 12.4. The van der Waals surface area contributed by atoms with Gasteiger partial charge >= 0.3 is 6.03 Å². The number of anilines is 1. The number of nitrogens with zero attached hydrogens (tertiary/aromatic N) is 2. The van der Waals surface area contributed by atoms with Crippen molar-refractivity contribution < 1.29 is 14.4 Å². The van der Waals surface area contributed by atoms with E-state index in [2.05, 4.69) is 15.6 Å². The molecular weight excluding hydrogens is 322 g/mol. The first-order valence-corrected chi connectivity index (χ1v) is 8.05. The van der Waals surface area contributed by atoms with Crippen LogP contribution in [0, 0.1) is 0 Å². The van der Waals surface area contributed by atoms with Crippen molar-refractivity contribution in [3.63, 3.8) is 0 Å². The number of amides is 4. The Morgan fingerprint density at radius 3 is 2.72 bits per heavy atom. The molecule has 1 fully saturated rings. The van der Waals surface area contributed by atoms with Crippen LogP contribution in [0.4, 0.5) is 10.5 Å². The van der Waals surface area contributed by atoms with Gasteiger partial charge in [-0.2, -0.15) is 0 Å². The van der Waals surface area contributed by atoms with Gasteiger partial charge in [-0.15, -0.1) is 0 Å². The highest BCUT2D eigenvalue weighted by Gasteiger charge is 2.29. The lowest BCUT2D eigenvalue weighted by Gasteiger charge is -2.37. The molecule has 1 aliphatic rings. The van der Waals surface area contributed by atoms with Crippen LogP contribution in [0.3, 0.4) is 0 Å². The highest BCUT2D eigenvalue weighted by Crippen LogP contribution is 2.21. The number of likely N-dealkylation sites (N-methyl/N-ethyl adjacent to an activating group) is 1. The molecule has 3 N–H and O–H groups in total. The summed E-state index contributed by atoms with van der Waals surface area (Å²) in [6.45, 7) is 2.46. The average molecular weight is 343 g/mol. The van der Waals surface area contributed by atoms with Gasteiger partial charge < -0.3 is 25.4 Å². The number of hydrogen-bond acceptors (Lipinski definition) is 3. The number of nitrogens with one attached hydrogen (secondary N) is 3. The summed E-state index contributed by atoms with van der Waals surface area (Å²) in [5.41, 5.74) is 1.87. The number of H-pyrrole nitrogens is 1. The zero-order valence-corrected chi connectivity index (χ0v) is 14.4. The van der Waals surface area contributed by atoms with Crippen LogP contribution in [-0.4, -0.2) is 65.9 Å². The van der Waals surface area contributed by atoms with E-state index in [0.29, 0.717) is 17.9 Å². The molecule has 1 aromatic heterocycles. The molecule has 0 radical (unpaired) electrons. The lowest BCUT2D eigenvalue weighted by atomic mass is 10.2. The van der Waals surface area contributed by atoms with Crippen LogP contribution in [-0.2, 0) is 4.79 Å². The SMILES string of the molecule is CNC(=O)c1cc2cc(NC(=O)N3CC(=O)N(C)[C@H](C)C3)ccc2[nH]1. The number of urea groups is 1. The maximum Gasteiger partial charge on any atom is 0.322 e. The third-order valence-corrected chi connectivity index (χ3v) is 4.50. The summed E-state index contributed by atoms with van der Waals surface area (Å²) in [4.78, 5) is 42.2. The first kappa shape index (κ1) is 16.8. The lowest BCUT2D eigenvalue weighted by molar-refractivity contribution is -0.135. The first-order chi connectivity index (χ1) is 11.9. The summed E-state index contributed by atoms with van der Waals surface area (Å²) in [7, 11) is 3.31. The number of aromatic amines is 1. The van der Waals surface area contributed by atoms with Crippen LogP contribution in [0.5, 0.6) is 0 Å². The first-order valence-electron chi connectivity index (χ1n) is 8.05. The number of carbonyl (C=O) groups excluding carboxylic acids is 3. The molecule has 0 saturated carbocycles. The highest BCUT2D eigenvalue weighted by molar-refractivity contribution is 6.00. The van der Waals surface area contributed by atoms with Crippen LogP contribution < -0.4 is 10.6 Å². The van der Waals surface area contributed by atoms with Gasteiger partial charge in [0.15, 0.2) is 0 Å². The topological polar surface area (TPSA) is 97.5 Å². The third-order valence-electron chi connectivity index (χ3n) is 4.50. The molecule has 0 spiro atoms. The van der Waals surface area contributed by atoms with Crippen molar-refractivity contribution in [2.24, 2.45) is 0 Å². The zero-order chi connectivity index (χ0) is 18.1. The fraction of sp³-hybridized carbons (Fsp3) is 0.353. The van der Waals surface area contributed by atoms with Gasteiger partial charge in [0.05, 0.1) is 0 Å². The number of rotatable bonds is 2. The Kier molecular flexibility index (Phi) is 4.35. The van der Waals surface area contributed by atoms with E-state index in [9.17, 15) is 14.4 Å². The number of hydrogen-bond donors (Lipinski definition) is 3. The summed E-state index contributed by atoms with van der Waals surface area (Å²) in [5, 5.41) is 6.19. The van der Waals surface area contributed by atoms with E-state index in [1.54, 1.807) is 43.3 Å². The minimum Gasteiger partial charge on any atom is -0.354 e. The van der Waals surface area contributed by atoms with E-state index < -0.39 is 0 Å². The molecule has 1 aromatic carbocycles. The summed E-state index contributed by atoms with van der Waals surface area (Å²) in [6, 6.07) is 6.74. The fourth-order valence-corrected chi connectivity index (χ4v) is 2.85. The minimum absolute atomic E-state index is 0.0192. The summed E-state index contributed by atoms with van der Waals surface area (Å²) in [5.74, 6) is -0.281. The van der Waals surface area contributed by atoms with E-state index in [4.69, 9.17) is 0 Å². The van der Waals surface area contributed by atoms with Gasteiger partial charge in [0, 0.05) is 43.3 Å². The highest BCUT2D eigenvalue weighted by atomic mass is 16.2. The Labute approximate surface area is 145 Å². The van der Waals surface area contributed by atoms with E-state index in [1.165, 1.54) is 4.90 Å². The van der Waals surface area contributed by atoms with Gasteiger partial charge in [-0.3, -0.25) is 9.59 Å². The van der Waals surface area contributed by atoms with Crippen molar-refractivity contribution in [1.29, 1.82) is 0 Å². The molecule has 8 heteroatoms. The third kappa shape index (κ3) is 3.28. The molecule has 1 aliphatic heterocycles.